The van der Waals surface area contributed by atoms with Crippen molar-refractivity contribution in [2.75, 3.05) is 0 Å². The lowest BCUT2D eigenvalue weighted by atomic mass is 10.1. The summed E-state index contributed by atoms with van der Waals surface area (Å²) in [5.74, 6) is -0.566. The number of carbonyl (C=O) groups excluding carboxylic acids is 1. The van der Waals surface area contributed by atoms with Gasteiger partial charge in [-0.15, -0.1) is 0 Å². The summed E-state index contributed by atoms with van der Waals surface area (Å²) in [6, 6.07) is 7.45. The van der Waals surface area contributed by atoms with Crippen LogP contribution in [-0.2, 0) is 6.54 Å². The van der Waals surface area contributed by atoms with Gasteiger partial charge in [-0.2, -0.15) is 10.2 Å². The van der Waals surface area contributed by atoms with Gasteiger partial charge in [-0.3, -0.25) is 9.48 Å². The second-order valence-electron chi connectivity index (χ2n) is 5.69. The highest BCUT2D eigenvalue weighted by Gasteiger charge is 2.17. The Morgan fingerprint density at radius 2 is 2.00 bits per heavy atom. The highest BCUT2D eigenvalue weighted by Crippen LogP contribution is 2.17. The fourth-order valence-corrected chi connectivity index (χ4v) is 2.57. The van der Waals surface area contributed by atoms with Gasteiger partial charge in [0.05, 0.1) is 17.9 Å². The number of aryl methyl sites for hydroxylation is 1. The minimum Gasteiger partial charge on any atom is -0.344 e. The second-order valence-corrected chi connectivity index (χ2v) is 5.69. The fraction of sp³-hybridized carbons (Fsp3) is 0.278. The molecular weight excluding hydrogens is 321 g/mol. The third-order valence-corrected chi connectivity index (χ3v) is 4.01. The molecule has 0 spiro atoms. The summed E-state index contributed by atoms with van der Waals surface area (Å²) in [5.41, 5.74) is 1.97. The molecule has 1 aromatic carbocycles. The number of benzene rings is 1. The topological polar surface area (TPSA) is 64.7 Å². The molecule has 7 heteroatoms. The minimum atomic E-state index is -0.313. The van der Waals surface area contributed by atoms with Crippen molar-refractivity contribution in [2.45, 2.75) is 32.9 Å². The number of rotatable bonds is 6. The van der Waals surface area contributed by atoms with E-state index >= 15 is 0 Å². The number of aromatic nitrogens is 4. The molecule has 3 aromatic rings. The predicted octanol–water partition coefficient (Wildman–Crippen LogP) is 3.11. The third kappa shape index (κ3) is 3.76. The number of nitrogens with one attached hydrogen (secondary N) is 1. The summed E-state index contributed by atoms with van der Waals surface area (Å²) in [6.07, 6.45) is 6.14. The first-order valence-corrected chi connectivity index (χ1v) is 8.25. The molecular formula is C18H20FN5O. The molecule has 0 aliphatic heterocycles. The zero-order valence-corrected chi connectivity index (χ0v) is 14.2. The number of halogens is 1. The Morgan fingerprint density at radius 1 is 1.24 bits per heavy atom. The van der Waals surface area contributed by atoms with Crippen LogP contribution in [0, 0.1) is 5.82 Å². The average molecular weight is 341 g/mol. The van der Waals surface area contributed by atoms with Gasteiger partial charge in [-0.1, -0.05) is 6.92 Å². The first kappa shape index (κ1) is 16.9. The van der Waals surface area contributed by atoms with Crippen molar-refractivity contribution < 1.29 is 9.18 Å². The van der Waals surface area contributed by atoms with E-state index in [9.17, 15) is 9.18 Å². The number of hydrogen-bond donors (Lipinski definition) is 1. The second kappa shape index (κ2) is 7.29. The number of hydrogen-bond acceptors (Lipinski definition) is 3. The first-order chi connectivity index (χ1) is 12.1. The van der Waals surface area contributed by atoms with Crippen molar-refractivity contribution in [2.24, 2.45) is 0 Å². The maximum Gasteiger partial charge on any atom is 0.272 e. The lowest BCUT2D eigenvalue weighted by Gasteiger charge is -2.14. The Morgan fingerprint density at radius 3 is 2.64 bits per heavy atom. The average Bonchev–Trinajstić information content (AvgIpc) is 3.29. The number of carbonyl (C=O) groups is 1. The molecule has 3 rings (SSSR count). The molecule has 2 aromatic heterocycles. The highest BCUT2D eigenvalue weighted by molar-refractivity contribution is 5.92. The predicted molar refractivity (Wildman–Crippen MR) is 91.9 cm³/mol. The van der Waals surface area contributed by atoms with E-state index in [1.165, 1.54) is 12.1 Å². The molecule has 1 atom stereocenters. The Labute approximate surface area is 145 Å². The van der Waals surface area contributed by atoms with Gasteiger partial charge in [0.2, 0.25) is 0 Å². The summed E-state index contributed by atoms with van der Waals surface area (Å²) in [6.45, 7) is 4.80. The van der Waals surface area contributed by atoms with Crippen LogP contribution in [-0.4, -0.2) is 25.5 Å². The van der Waals surface area contributed by atoms with Crippen LogP contribution in [0.25, 0.3) is 5.69 Å². The van der Waals surface area contributed by atoms with Crippen LogP contribution in [0.3, 0.4) is 0 Å². The van der Waals surface area contributed by atoms with Crippen LogP contribution in [0.15, 0.2) is 48.9 Å². The van der Waals surface area contributed by atoms with Crippen molar-refractivity contribution in [3.63, 3.8) is 0 Å². The molecule has 0 aliphatic rings. The van der Waals surface area contributed by atoms with Gasteiger partial charge in [0.1, 0.15) is 5.82 Å². The van der Waals surface area contributed by atoms with Gasteiger partial charge in [0.15, 0.2) is 5.69 Å². The zero-order valence-electron chi connectivity index (χ0n) is 14.2. The standard InChI is InChI=1S/C18H20FN5O/c1-3-16(13-11-20-23(4-2)12-13)21-18(25)17-9-10-24(22-17)15-7-5-14(19)6-8-15/h5-12,16H,3-4H2,1-2H3,(H,21,25)/t16-/m1/s1. The molecule has 1 amide bonds. The van der Waals surface area contributed by atoms with E-state index in [2.05, 4.69) is 15.5 Å². The molecule has 2 heterocycles. The summed E-state index contributed by atoms with van der Waals surface area (Å²) in [5, 5.41) is 11.5. The quantitative estimate of drug-likeness (QED) is 0.749. The summed E-state index contributed by atoms with van der Waals surface area (Å²) < 4.78 is 16.4. The van der Waals surface area contributed by atoms with Crippen LogP contribution < -0.4 is 5.32 Å². The van der Waals surface area contributed by atoms with Crippen LogP contribution >= 0.6 is 0 Å². The molecule has 6 nitrogen and oxygen atoms in total. The monoisotopic (exact) mass is 341 g/mol. The maximum absolute atomic E-state index is 13.0. The van der Waals surface area contributed by atoms with E-state index in [-0.39, 0.29) is 17.8 Å². The summed E-state index contributed by atoms with van der Waals surface area (Å²) in [7, 11) is 0. The van der Waals surface area contributed by atoms with E-state index < -0.39 is 0 Å². The Bertz CT molecular complexity index is 852. The normalized spacial score (nSPS) is 12.1. The van der Waals surface area contributed by atoms with Gasteiger partial charge >= 0.3 is 0 Å². The van der Waals surface area contributed by atoms with E-state index in [0.717, 1.165) is 18.5 Å². The van der Waals surface area contributed by atoms with Crippen molar-refractivity contribution in [3.05, 3.63) is 66.0 Å². The molecule has 0 unspecified atom stereocenters. The fourth-order valence-electron chi connectivity index (χ4n) is 2.57. The van der Waals surface area contributed by atoms with Gasteiger partial charge in [0.25, 0.3) is 5.91 Å². The molecule has 1 N–H and O–H groups in total. The molecule has 0 bridgehead atoms. The van der Waals surface area contributed by atoms with E-state index in [4.69, 9.17) is 0 Å². The van der Waals surface area contributed by atoms with Crippen molar-refractivity contribution in [3.8, 4) is 5.69 Å². The lowest BCUT2D eigenvalue weighted by Crippen LogP contribution is -2.28. The zero-order chi connectivity index (χ0) is 17.8. The van der Waals surface area contributed by atoms with Crippen LogP contribution in [0.5, 0.6) is 0 Å². The summed E-state index contributed by atoms with van der Waals surface area (Å²) in [4.78, 5) is 12.5. The molecule has 0 fully saturated rings. The van der Waals surface area contributed by atoms with Gasteiger partial charge in [-0.25, -0.2) is 9.07 Å². The van der Waals surface area contributed by atoms with E-state index in [1.807, 2.05) is 24.7 Å². The molecule has 0 radical (unpaired) electrons. The summed E-state index contributed by atoms with van der Waals surface area (Å²) >= 11 is 0. The van der Waals surface area contributed by atoms with Gasteiger partial charge < -0.3 is 5.32 Å². The van der Waals surface area contributed by atoms with Crippen molar-refractivity contribution >= 4 is 5.91 Å². The Kier molecular flexibility index (Phi) is 4.92. The third-order valence-electron chi connectivity index (χ3n) is 4.01. The SMILES string of the molecule is CC[C@@H](NC(=O)c1ccn(-c2ccc(F)cc2)n1)c1cnn(CC)c1. The largest absolute Gasteiger partial charge is 0.344 e. The van der Waals surface area contributed by atoms with Crippen molar-refractivity contribution in [1.82, 2.24) is 24.9 Å². The van der Waals surface area contributed by atoms with Crippen LogP contribution in [0.4, 0.5) is 4.39 Å². The van der Waals surface area contributed by atoms with Crippen molar-refractivity contribution in [1.29, 1.82) is 0 Å². The van der Waals surface area contributed by atoms with Gasteiger partial charge in [-0.05, 0) is 43.7 Å². The molecule has 130 valence electrons. The molecule has 0 aliphatic carbocycles. The Hall–Kier alpha value is -2.96. The maximum atomic E-state index is 13.0. The van der Waals surface area contributed by atoms with Crippen LogP contribution in [0.2, 0.25) is 0 Å². The number of amides is 1. The molecule has 0 saturated carbocycles. The molecule has 25 heavy (non-hydrogen) atoms. The van der Waals surface area contributed by atoms with Gasteiger partial charge in [0, 0.05) is 24.5 Å². The van der Waals surface area contributed by atoms with E-state index in [1.54, 1.807) is 35.3 Å². The Balaban J connectivity index is 1.73. The van der Waals surface area contributed by atoms with E-state index in [0.29, 0.717) is 11.4 Å². The lowest BCUT2D eigenvalue weighted by molar-refractivity contribution is 0.0930. The minimum absolute atomic E-state index is 0.122. The smallest absolute Gasteiger partial charge is 0.272 e. The highest BCUT2D eigenvalue weighted by atomic mass is 19.1. The molecule has 0 saturated heterocycles. The first-order valence-electron chi connectivity index (χ1n) is 8.25. The van der Waals surface area contributed by atoms with Crippen LogP contribution in [0.1, 0.15) is 42.4 Å². The number of nitrogens with zero attached hydrogens (tertiary/aromatic N) is 4.